The quantitative estimate of drug-likeness (QED) is 0.603. The zero-order chi connectivity index (χ0) is 20.8. The van der Waals surface area contributed by atoms with E-state index in [1.807, 2.05) is 49.4 Å². The van der Waals surface area contributed by atoms with Crippen molar-refractivity contribution in [3.63, 3.8) is 0 Å². The Bertz CT molecular complexity index is 997. The van der Waals surface area contributed by atoms with Crippen molar-refractivity contribution in [3.8, 4) is 28.4 Å². The molecule has 0 atom stereocenters. The van der Waals surface area contributed by atoms with Gasteiger partial charge in [0.25, 0.3) is 0 Å². The number of ether oxygens (including phenoxy) is 3. The van der Waals surface area contributed by atoms with Gasteiger partial charge in [0.2, 0.25) is 5.91 Å². The Hall–Kier alpha value is -3.48. The minimum Gasteiger partial charge on any atom is -0.496 e. The Morgan fingerprint density at radius 3 is 2.45 bits per heavy atom. The van der Waals surface area contributed by atoms with Gasteiger partial charge in [-0.2, -0.15) is 5.10 Å². The van der Waals surface area contributed by atoms with Crippen molar-refractivity contribution in [2.24, 2.45) is 0 Å². The van der Waals surface area contributed by atoms with Crippen LogP contribution in [0.15, 0.2) is 42.5 Å². The number of carbonyl (C=O) groups is 1. The summed E-state index contributed by atoms with van der Waals surface area (Å²) in [4.78, 5) is 12.6. The van der Waals surface area contributed by atoms with Gasteiger partial charge >= 0.3 is 0 Å². The van der Waals surface area contributed by atoms with E-state index < -0.39 is 0 Å². The van der Waals surface area contributed by atoms with Crippen molar-refractivity contribution in [1.82, 2.24) is 10.2 Å². The number of hydrogen-bond donors (Lipinski definition) is 2. The molecule has 2 aromatic carbocycles. The molecular formula is C22H25N3O4. The molecule has 0 spiro atoms. The summed E-state index contributed by atoms with van der Waals surface area (Å²) >= 11 is 0. The lowest BCUT2D eigenvalue weighted by Gasteiger charge is -2.11. The van der Waals surface area contributed by atoms with E-state index in [4.69, 9.17) is 14.2 Å². The van der Waals surface area contributed by atoms with Crippen molar-refractivity contribution in [2.45, 2.75) is 19.8 Å². The van der Waals surface area contributed by atoms with Gasteiger partial charge in [-0.15, -0.1) is 0 Å². The number of para-hydroxylation sites is 1. The molecular weight excluding hydrogens is 370 g/mol. The summed E-state index contributed by atoms with van der Waals surface area (Å²) in [7, 11) is 4.80. The molecule has 0 radical (unpaired) electrons. The molecule has 0 unspecified atom stereocenters. The number of methoxy groups -OCH3 is 3. The number of nitrogens with zero attached hydrogens (tertiary/aromatic N) is 1. The van der Waals surface area contributed by atoms with E-state index in [0.717, 1.165) is 28.1 Å². The molecule has 1 amide bonds. The third-order valence-corrected chi connectivity index (χ3v) is 4.69. The van der Waals surface area contributed by atoms with Crippen molar-refractivity contribution >= 4 is 11.7 Å². The van der Waals surface area contributed by atoms with Crippen LogP contribution in [0.1, 0.15) is 17.7 Å². The third-order valence-electron chi connectivity index (χ3n) is 4.69. The topological polar surface area (TPSA) is 85.5 Å². The van der Waals surface area contributed by atoms with Crippen LogP contribution in [0.5, 0.6) is 17.2 Å². The minimum atomic E-state index is -0.121. The lowest BCUT2D eigenvalue weighted by Crippen LogP contribution is -2.13. The van der Waals surface area contributed by atoms with Crippen LogP contribution in [0.25, 0.3) is 11.1 Å². The van der Waals surface area contributed by atoms with E-state index in [9.17, 15) is 4.79 Å². The Labute approximate surface area is 170 Å². The number of aryl methyl sites for hydroxylation is 2. The summed E-state index contributed by atoms with van der Waals surface area (Å²) < 4.78 is 16.0. The SMILES string of the molecule is COc1ccccc1CCC(=O)Nc1n[nH]c(C)c1-c1ccc(OC)c(OC)c1. The molecule has 152 valence electrons. The fourth-order valence-electron chi connectivity index (χ4n) is 3.22. The second kappa shape index (κ2) is 9.14. The minimum absolute atomic E-state index is 0.121. The van der Waals surface area contributed by atoms with Crippen LogP contribution in [0.4, 0.5) is 5.82 Å². The Balaban J connectivity index is 1.77. The molecule has 3 rings (SSSR count). The number of amides is 1. The van der Waals surface area contributed by atoms with Crippen LogP contribution in [0.3, 0.4) is 0 Å². The highest BCUT2D eigenvalue weighted by Crippen LogP contribution is 2.36. The molecule has 3 aromatic rings. The molecule has 29 heavy (non-hydrogen) atoms. The van der Waals surface area contributed by atoms with Gasteiger partial charge in [-0.1, -0.05) is 24.3 Å². The predicted octanol–water partition coefficient (Wildman–Crippen LogP) is 3.98. The van der Waals surface area contributed by atoms with Crippen molar-refractivity contribution in [1.29, 1.82) is 0 Å². The second-order valence-corrected chi connectivity index (χ2v) is 6.50. The zero-order valence-electron chi connectivity index (χ0n) is 17.0. The maximum atomic E-state index is 12.6. The van der Waals surface area contributed by atoms with Crippen LogP contribution in [0.2, 0.25) is 0 Å². The molecule has 0 saturated heterocycles. The normalized spacial score (nSPS) is 10.5. The van der Waals surface area contributed by atoms with Gasteiger partial charge in [-0.25, -0.2) is 0 Å². The van der Waals surface area contributed by atoms with Gasteiger partial charge in [-0.3, -0.25) is 9.89 Å². The molecule has 1 aromatic heterocycles. The van der Waals surface area contributed by atoms with E-state index in [2.05, 4.69) is 15.5 Å². The van der Waals surface area contributed by atoms with Gasteiger partial charge in [0, 0.05) is 17.7 Å². The number of nitrogens with one attached hydrogen (secondary N) is 2. The lowest BCUT2D eigenvalue weighted by atomic mass is 10.0. The monoisotopic (exact) mass is 395 g/mol. The second-order valence-electron chi connectivity index (χ2n) is 6.50. The van der Waals surface area contributed by atoms with E-state index >= 15 is 0 Å². The first-order valence-electron chi connectivity index (χ1n) is 9.26. The van der Waals surface area contributed by atoms with Gasteiger partial charge in [0.1, 0.15) is 5.75 Å². The van der Waals surface area contributed by atoms with Gasteiger partial charge in [-0.05, 0) is 42.7 Å². The summed E-state index contributed by atoms with van der Waals surface area (Å²) in [6, 6.07) is 13.3. The van der Waals surface area contributed by atoms with E-state index in [0.29, 0.717) is 30.2 Å². The fraction of sp³-hybridized carbons (Fsp3) is 0.273. The van der Waals surface area contributed by atoms with Crippen LogP contribution in [-0.4, -0.2) is 37.4 Å². The largest absolute Gasteiger partial charge is 0.496 e. The highest BCUT2D eigenvalue weighted by Gasteiger charge is 2.17. The zero-order valence-corrected chi connectivity index (χ0v) is 17.0. The molecule has 2 N–H and O–H groups in total. The Morgan fingerprint density at radius 2 is 1.72 bits per heavy atom. The van der Waals surface area contributed by atoms with Crippen LogP contribution in [-0.2, 0) is 11.2 Å². The van der Waals surface area contributed by atoms with E-state index in [1.54, 1.807) is 21.3 Å². The summed E-state index contributed by atoms with van der Waals surface area (Å²) in [5, 5.41) is 10.1. The first kappa shape index (κ1) is 20.3. The molecule has 0 aliphatic rings. The maximum absolute atomic E-state index is 12.6. The third kappa shape index (κ3) is 4.51. The van der Waals surface area contributed by atoms with Gasteiger partial charge in [0.15, 0.2) is 17.3 Å². The summed E-state index contributed by atoms with van der Waals surface area (Å²) in [6.07, 6.45) is 0.891. The van der Waals surface area contributed by atoms with Crippen LogP contribution < -0.4 is 19.5 Å². The highest BCUT2D eigenvalue weighted by molar-refractivity contribution is 5.95. The first-order chi connectivity index (χ1) is 14.1. The number of aromatic amines is 1. The maximum Gasteiger partial charge on any atom is 0.225 e. The molecule has 0 bridgehead atoms. The number of aromatic nitrogens is 2. The van der Waals surface area contributed by atoms with Crippen LogP contribution in [0, 0.1) is 6.92 Å². The van der Waals surface area contributed by atoms with Crippen LogP contribution >= 0.6 is 0 Å². The van der Waals surface area contributed by atoms with E-state index in [-0.39, 0.29) is 5.91 Å². The molecule has 0 fully saturated rings. The van der Waals surface area contributed by atoms with Crippen molar-refractivity contribution in [3.05, 3.63) is 53.7 Å². The van der Waals surface area contributed by atoms with Gasteiger partial charge in [0.05, 0.1) is 21.3 Å². The van der Waals surface area contributed by atoms with Crippen molar-refractivity contribution in [2.75, 3.05) is 26.6 Å². The lowest BCUT2D eigenvalue weighted by molar-refractivity contribution is -0.116. The number of hydrogen-bond acceptors (Lipinski definition) is 5. The Morgan fingerprint density at radius 1 is 1.00 bits per heavy atom. The number of benzene rings is 2. The first-order valence-corrected chi connectivity index (χ1v) is 9.26. The average Bonchev–Trinajstić information content (AvgIpc) is 3.11. The summed E-state index contributed by atoms with van der Waals surface area (Å²) in [5.74, 6) is 2.39. The molecule has 7 heteroatoms. The summed E-state index contributed by atoms with van der Waals surface area (Å²) in [6.45, 7) is 1.91. The molecule has 1 heterocycles. The average molecular weight is 395 g/mol. The highest BCUT2D eigenvalue weighted by atomic mass is 16.5. The van der Waals surface area contributed by atoms with Gasteiger partial charge < -0.3 is 19.5 Å². The standard InChI is InChI=1S/C22H25N3O4/c1-14-21(16-9-11-18(28-3)19(13-16)29-4)22(25-24-14)23-20(26)12-10-15-7-5-6-8-17(15)27-2/h5-9,11,13H,10,12H2,1-4H3,(H2,23,24,25,26). The van der Waals surface area contributed by atoms with E-state index in [1.165, 1.54) is 0 Å². The van der Waals surface area contributed by atoms with Crippen molar-refractivity contribution < 1.29 is 19.0 Å². The number of rotatable bonds is 8. The Kier molecular flexibility index (Phi) is 6.39. The molecule has 0 aliphatic heterocycles. The predicted molar refractivity (Wildman–Crippen MR) is 112 cm³/mol. The number of anilines is 1. The summed E-state index contributed by atoms with van der Waals surface area (Å²) in [5.41, 5.74) is 3.52. The molecule has 7 nitrogen and oxygen atoms in total. The molecule has 0 saturated carbocycles. The number of H-pyrrole nitrogens is 1. The fourth-order valence-corrected chi connectivity index (χ4v) is 3.22. The number of carbonyl (C=O) groups excluding carboxylic acids is 1. The molecule has 0 aliphatic carbocycles. The smallest absolute Gasteiger partial charge is 0.225 e.